The molecule has 0 aliphatic carbocycles. The van der Waals surface area contributed by atoms with Crippen molar-refractivity contribution in [3.8, 4) is 12.3 Å². The molecule has 12 heteroatoms. The predicted molar refractivity (Wildman–Crippen MR) is 157 cm³/mol. The van der Waals surface area contributed by atoms with E-state index in [1.165, 1.54) is 54.7 Å². The molecule has 2 heterocycles. The SMILES string of the molecule is C#CCNC(=O)c1ccc(S(=O)(=O)n2ncc(CCN3CCN(C(c4ccc(F)cc4)c4ccc(F)cc4)CC3)n2)cc1. The molecule has 9 nitrogen and oxygen atoms in total. The van der Waals surface area contributed by atoms with Crippen LogP contribution >= 0.6 is 0 Å². The van der Waals surface area contributed by atoms with Crippen molar-refractivity contribution < 1.29 is 22.0 Å². The van der Waals surface area contributed by atoms with E-state index < -0.39 is 15.9 Å². The average molecular weight is 605 g/mol. The summed E-state index contributed by atoms with van der Waals surface area (Å²) >= 11 is 0. The molecule has 1 amide bonds. The van der Waals surface area contributed by atoms with Crippen LogP contribution in [0.1, 0.15) is 33.2 Å². The number of carbonyl (C=O) groups is 1. The molecule has 1 fully saturated rings. The maximum Gasteiger partial charge on any atom is 0.299 e. The number of rotatable bonds is 10. The lowest BCUT2D eigenvalue weighted by Crippen LogP contribution is -2.48. The number of hydrogen-bond acceptors (Lipinski definition) is 7. The maximum absolute atomic E-state index is 13.6. The fraction of sp³-hybridized carbons (Fsp3) is 0.258. The highest BCUT2D eigenvalue weighted by Gasteiger charge is 2.27. The van der Waals surface area contributed by atoms with E-state index in [-0.39, 0.29) is 34.7 Å². The Morgan fingerprint density at radius 2 is 1.49 bits per heavy atom. The van der Waals surface area contributed by atoms with Crippen LogP contribution < -0.4 is 5.32 Å². The number of terminal acetylenes is 1. The summed E-state index contributed by atoms with van der Waals surface area (Å²) in [6.07, 6.45) is 7.09. The number of aromatic nitrogens is 3. The first-order valence-corrected chi connectivity index (χ1v) is 15.1. The third kappa shape index (κ3) is 7.14. The smallest absolute Gasteiger partial charge is 0.299 e. The number of benzene rings is 3. The third-order valence-corrected chi connectivity index (χ3v) is 8.80. The lowest BCUT2D eigenvalue weighted by atomic mass is 9.96. The van der Waals surface area contributed by atoms with Gasteiger partial charge in [0.25, 0.3) is 15.9 Å². The van der Waals surface area contributed by atoms with Gasteiger partial charge in [-0.25, -0.2) is 8.78 Å². The van der Waals surface area contributed by atoms with E-state index in [9.17, 15) is 22.0 Å². The molecule has 0 radical (unpaired) electrons. The molecule has 0 bridgehead atoms. The second-order valence-electron chi connectivity index (χ2n) is 10.1. The van der Waals surface area contributed by atoms with Crippen molar-refractivity contribution in [2.24, 2.45) is 0 Å². The van der Waals surface area contributed by atoms with Gasteiger partial charge < -0.3 is 10.2 Å². The fourth-order valence-corrected chi connectivity index (χ4v) is 6.09. The van der Waals surface area contributed by atoms with Crippen molar-refractivity contribution in [2.75, 3.05) is 39.3 Å². The molecule has 0 atom stereocenters. The second kappa shape index (κ2) is 13.2. The molecule has 222 valence electrons. The summed E-state index contributed by atoms with van der Waals surface area (Å²) in [6.45, 7) is 3.71. The van der Waals surface area contributed by atoms with Gasteiger partial charge in [-0.3, -0.25) is 9.69 Å². The van der Waals surface area contributed by atoms with Gasteiger partial charge in [0.05, 0.1) is 29.4 Å². The van der Waals surface area contributed by atoms with Crippen LogP contribution in [-0.2, 0) is 16.4 Å². The molecule has 0 spiro atoms. The van der Waals surface area contributed by atoms with Crippen LogP contribution in [0.4, 0.5) is 8.78 Å². The van der Waals surface area contributed by atoms with E-state index in [4.69, 9.17) is 6.42 Å². The Kier molecular flexibility index (Phi) is 9.25. The van der Waals surface area contributed by atoms with E-state index >= 15 is 0 Å². The summed E-state index contributed by atoms with van der Waals surface area (Å²) in [7, 11) is -4.03. The second-order valence-corrected chi connectivity index (χ2v) is 11.9. The number of halogens is 2. The molecule has 1 saturated heterocycles. The highest BCUT2D eigenvalue weighted by molar-refractivity contribution is 7.89. The van der Waals surface area contributed by atoms with Crippen LogP contribution in [0.25, 0.3) is 0 Å². The molecule has 3 aromatic carbocycles. The van der Waals surface area contributed by atoms with Gasteiger partial charge in [-0.05, 0) is 59.7 Å². The number of nitrogens with one attached hydrogen (secondary N) is 1. The molecule has 1 aliphatic heterocycles. The first-order valence-electron chi connectivity index (χ1n) is 13.7. The first kappa shape index (κ1) is 30.0. The molecule has 0 saturated carbocycles. The van der Waals surface area contributed by atoms with E-state index in [2.05, 4.69) is 31.2 Å². The van der Waals surface area contributed by atoms with Gasteiger partial charge in [0.15, 0.2) is 0 Å². The number of hydrogen-bond donors (Lipinski definition) is 1. The first-order chi connectivity index (χ1) is 20.7. The topological polar surface area (TPSA) is 100 Å². The van der Waals surface area contributed by atoms with Gasteiger partial charge in [-0.2, -0.15) is 8.42 Å². The normalized spacial score (nSPS) is 14.5. The Morgan fingerprint density at radius 3 is 2.05 bits per heavy atom. The summed E-state index contributed by atoms with van der Waals surface area (Å²) in [5.74, 6) is 1.29. The summed E-state index contributed by atoms with van der Waals surface area (Å²) in [5, 5.41) is 10.7. The number of piperazine rings is 1. The third-order valence-electron chi connectivity index (χ3n) is 7.33. The van der Waals surface area contributed by atoms with Crippen LogP contribution in [0.15, 0.2) is 83.9 Å². The van der Waals surface area contributed by atoms with Crippen LogP contribution in [0.5, 0.6) is 0 Å². The van der Waals surface area contributed by atoms with E-state index in [1.807, 2.05) is 0 Å². The molecular weight excluding hydrogens is 574 g/mol. The van der Waals surface area contributed by atoms with Crippen molar-refractivity contribution in [3.63, 3.8) is 0 Å². The minimum absolute atomic E-state index is 0.0452. The van der Waals surface area contributed by atoms with Crippen molar-refractivity contribution in [1.82, 2.24) is 29.5 Å². The minimum atomic E-state index is -4.03. The molecule has 1 aromatic heterocycles. The Bertz CT molecular complexity index is 1650. The van der Waals surface area contributed by atoms with Gasteiger partial charge in [0, 0.05) is 44.7 Å². The monoisotopic (exact) mass is 604 g/mol. The highest BCUT2D eigenvalue weighted by Crippen LogP contribution is 2.30. The van der Waals surface area contributed by atoms with Gasteiger partial charge in [0.1, 0.15) is 11.6 Å². The highest BCUT2D eigenvalue weighted by atomic mass is 32.2. The van der Waals surface area contributed by atoms with E-state index in [1.54, 1.807) is 24.3 Å². The Hall–Kier alpha value is -4.44. The molecule has 0 unspecified atom stereocenters. The Morgan fingerprint density at radius 1 is 0.907 bits per heavy atom. The van der Waals surface area contributed by atoms with Crippen molar-refractivity contribution in [1.29, 1.82) is 0 Å². The predicted octanol–water partition coefficient (Wildman–Crippen LogP) is 3.11. The van der Waals surface area contributed by atoms with Gasteiger partial charge >= 0.3 is 0 Å². The lowest BCUT2D eigenvalue weighted by molar-refractivity contribution is 0.0958. The summed E-state index contributed by atoms with van der Waals surface area (Å²) in [6, 6.07) is 18.1. The molecule has 4 aromatic rings. The van der Waals surface area contributed by atoms with Crippen LogP contribution in [-0.4, -0.2) is 77.8 Å². The minimum Gasteiger partial charge on any atom is -0.341 e. The largest absolute Gasteiger partial charge is 0.341 e. The van der Waals surface area contributed by atoms with Crippen molar-refractivity contribution >= 4 is 15.9 Å². The lowest BCUT2D eigenvalue weighted by Gasteiger charge is -2.39. The van der Waals surface area contributed by atoms with E-state index in [0.717, 1.165) is 37.3 Å². The standard InChI is InChI=1S/C31H30F2N6O3S/c1-2-16-34-31(40)25-7-13-29(14-8-25)43(41,42)39-35-22-28(36-39)15-17-37-18-20-38(21-19-37)30(23-3-9-26(32)10-4-23)24-5-11-27(33)12-6-24/h1,3-14,22,30H,15-21H2,(H,34,40). The quantitative estimate of drug-likeness (QED) is 0.278. The number of nitrogens with zero attached hydrogens (tertiary/aromatic N) is 5. The summed E-state index contributed by atoms with van der Waals surface area (Å²) in [5.41, 5.74) is 2.68. The van der Waals surface area contributed by atoms with Gasteiger partial charge in [0.2, 0.25) is 0 Å². The Labute approximate surface area is 249 Å². The summed E-state index contributed by atoms with van der Waals surface area (Å²) in [4.78, 5) is 16.5. The van der Waals surface area contributed by atoms with Crippen molar-refractivity contribution in [2.45, 2.75) is 17.4 Å². The zero-order valence-electron chi connectivity index (χ0n) is 23.2. The molecule has 1 N–H and O–H groups in total. The van der Waals surface area contributed by atoms with Crippen molar-refractivity contribution in [3.05, 3.63) is 113 Å². The maximum atomic E-state index is 13.6. The zero-order chi connectivity index (χ0) is 30.4. The summed E-state index contributed by atoms with van der Waals surface area (Å²) < 4.78 is 54.0. The molecule has 5 rings (SSSR count). The number of amides is 1. The Balaban J connectivity index is 1.19. The van der Waals surface area contributed by atoms with Crippen LogP contribution in [0.3, 0.4) is 0 Å². The zero-order valence-corrected chi connectivity index (χ0v) is 24.1. The fourth-order valence-electron chi connectivity index (χ4n) is 5.04. The number of carbonyl (C=O) groups excluding carboxylic acids is 1. The van der Waals surface area contributed by atoms with E-state index in [0.29, 0.717) is 22.9 Å². The molecule has 1 aliphatic rings. The molecule has 43 heavy (non-hydrogen) atoms. The van der Waals surface area contributed by atoms with Gasteiger partial charge in [-0.15, -0.1) is 16.6 Å². The van der Waals surface area contributed by atoms with Crippen LogP contribution in [0.2, 0.25) is 0 Å². The van der Waals surface area contributed by atoms with Crippen LogP contribution in [0, 0.1) is 24.0 Å². The van der Waals surface area contributed by atoms with Gasteiger partial charge in [-0.1, -0.05) is 34.4 Å². The average Bonchev–Trinajstić information content (AvgIpc) is 3.52. The molecular formula is C31H30F2N6O3S.